The van der Waals surface area contributed by atoms with Gasteiger partial charge in [0.1, 0.15) is 5.76 Å². The Kier molecular flexibility index (Phi) is 7.24. The number of hydrogen-bond donors (Lipinski definition) is 2. The quantitative estimate of drug-likeness (QED) is 0.539. The number of carbonyl (C=O) groups excluding carboxylic acids is 2. The Hall–Kier alpha value is -3.10. The van der Waals surface area contributed by atoms with Gasteiger partial charge in [-0.3, -0.25) is 14.5 Å². The van der Waals surface area contributed by atoms with E-state index in [1.807, 2.05) is 24.4 Å². The third kappa shape index (κ3) is 5.38. The first-order valence-electron chi connectivity index (χ1n) is 10.8. The molecule has 32 heavy (non-hydrogen) atoms. The summed E-state index contributed by atoms with van der Waals surface area (Å²) < 4.78 is 5.20. The Bertz CT molecular complexity index is 984. The predicted molar refractivity (Wildman–Crippen MR) is 125 cm³/mol. The lowest BCUT2D eigenvalue weighted by Gasteiger charge is -2.42. The van der Waals surface area contributed by atoms with E-state index in [0.717, 1.165) is 26.2 Å². The van der Waals surface area contributed by atoms with Gasteiger partial charge in [-0.2, -0.15) is 0 Å². The maximum Gasteiger partial charge on any atom is 0.309 e. The van der Waals surface area contributed by atoms with Crippen LogP contribution in [0.2, 0.25) is 0 Å². The SMILES string of the molecule is C[C@@H](NC(=O)C(=O)NCc1ccco1)[C@@H](c1cccs1)N1CCN(c2ccccc2)CC1. The third-order valence-electron chi connectivity index (χ3n) is 5.71. The summed E-state index contributed by atoms with van der Waals surface area (Å²) in [5.74, 6) is -0.687. The highest BCUT2D eigenvalue weighted by Gasteiger charge is 2.31. The molecule has 1 aromatic carbocycles. The zero-order valence-corrected chi connectivity index (χ0v) is 18.9. The van der Waals surface area contributed by atoms with E-state index in [1.54, 1.807) is 23.5 Å². The van der Waals surface area contributed by atoms with E-state index in [0.29, 0.717) is 5.76 Å². The van der Waals surface area contributed by atoms with E-state index in [2.05, 4.69) is 50.8 Å². The van der Waals surface area contributed by atoms with Crippen molar-refractivity contribution in [3.63, 3.8) is 0 Å². The Morgan fingerprint density at radius 2 is 1.78 bits per heavy atom. The minimum Gasteiger partial charge on any atom is -0.467 e. The molecule has 1 aliphatic heterocycles. The van der Waals surface area contributed by atoms with Gasteiger partial charge < -0.3 is 20.0 Å². The van der Waals surface area contributed by atoms with Crippen molar-refractivity contribution in [2.75, 3.05) is 31.1 Å². The van der Waals surface area contributed by atoms with Crippen molar-refractivity contribution in [2.45, 2.75) is 25.6 Å². The highest BCUT2D eigenvalue weighted by Crippen LogP contribution is 2.30. The van der Waals surface area contributed by atoms with Crippen LogP contribution < -0.4 is 15.5 Å². The van der Waals surface area contributed by atoms with Crippen molar-refractivity contribution >= 4 is 28.8 Å². The number of benzene rings is 1. The number of amides is 2. The highest BCUT2D eigenvalue weighted by molar-refractivity contribution is 7.10. The summed E-state index contributed by atoms with van der Waals surface area (Å²) in [4.78, 5) is 30.8. The van der Waals surface area contributed by atoms with Crippen LogP contribution in [0.5, 0.6) is 0 Å². The first-order chi connectivity index (χ1) is 15.6. The van der Waals surface area contributed by atoms with E-state index in [1.165, 1.54) is 16.8 Å². The maximum atomic E-state index is 12.5. The fourth-order valence-electron chi connectivity index (χ4n) is 4.11. The second kappa shape index (κ2) is 10.5. The molecule has 0 saturated carbocycles. The molecule has 1 fully saturated rings. The average Bonchev–Trinajstić information content (AvgIpc) is 3.53. The van der Waals surface area contributed by atoms with Crippen LogP contribution in [0, 0.1) is 0 Å². The van der Waals surface area contributed by atoms with Crippen LogP contribution in [0.25, 0.3) is 0 Å². The summed E-state index contributed by atoms with van der Waals surface area (Å²) >= 11 is 1.67. The Morgan fingerprint density at radius 3 is 2.44 bits per heavy atom. The molecule has 0 bridgehead atoms. The van der Waals surface area contributed by atoms with Gasteiger partial charge in [0.25, 0.3) is 0 Å². The molecular formula is C24H28N4O3S. The number of hydrogen-bond acceptors (Lipinski definition) is 6. The van der Waals surface area contributed by atoms with Gasteiger partial charge in [0.2, 0.25) is 0 Å². The van der Waals surface area contributed by atoms with Gasteiger partial charge in [0.15, 0.2) is 0 Å². The molecule has 7 nitrogen and oxygen atoms in total. The molecule has 168 valence electrons. The Balaban J connectivity index is 1.37. The first kappa shape index (κ1) is 22.1. The van der Waals surface area contributed by atoms with Gasteiger partial charge in [-0.05, 0) is 42.6 Å². The predicted octanol–water partition coefficient (Wildman–Crippen LogP) is 3.03. The molecular weight excluding hydrogens is 424 g/mol. The van der Waals surface area contributed by atoms with Crippen LogP contribution in [0.3, 0.4) is 0 Å². The normalized spacial score (nSPS) is 16.3. The first-order valence-corrected chi connectivity index (χ1v) is 11.7. The molecule has 2 N–H and O–H groups in total. The van der Waals surface area contributed by atoms with Gasteiger partial charge >= 0.3 is 11.8 Å². The molecule has 0 spiro atoms. The molecule has 2 atom stereocenters. The molecule has 4 rings (SSSR count). The summed E-state index contributed by atoms with van der Waals surface area (Å²) in [5.41, 5.74) is 1.23. The van der Waals surface area contributed by atoms with Crippen LogP contribution >= 0.6 is 11.3 Å². The Morgan fingerprint density at radius 1 is 1.00 bits per heavy atom. The number of para-hydroxylation sites is 1. The lowest BCUT2D eigenvalue weighted by Crippen LogP contribution is -2.53. The summed E-state index contributed by atoms with van der Waals surface area (Å²) in [7, 11) is 0. The summed E-state index contributed by atoms with van der Waals surface area (Å²) in [6, 6.07) is 17.8. The molecule has 2 aromatic heterocycles. The van der Waals surface area contributed by atoms with E-state index >= 15 is 0 Å². The van der Waals surface area contributed by atoms with Crippen LogP contribution in [0.15, 0.2) is 70.7 Å². The van der Waals surface area contributed by atoms with Crippen molar-refractivity contribution in [1.82, 2.24) is 15.5 Å². The molecule has 8 heteroatoms. The second-order valence-electron chi connectivity index (χ2n) is 7.84. The van der Waals surface area contributed by atoms with Gasteiger partial charge in [-0.1, -0.05) is 24.3 Å². The number of nitrogens with zero attached hydrogens (tertiary/aromatic N) is 2. The lowest BCUT2D eigenvalue weighted by molar-refractivity contribution is -0.140. The van der Waals surface area contributed by atoms with Gasteiger partial charge in [0.05, 0.1) is 18.8 Å². The monoisotopic (exact) mass is 452 g/mol. The minimum atomic E-state index is -0.660. The molecule has 2 amide bonds. The van der Waals surface area contributed by atoms with Crippen molar-refractivity contribution in [1.29, 1.82) is 0 Å². The maximum absolute atomic E-state index is 12.5. The summed E-state index contributed by atoms with van der Waals surface area (Å²) in [6.07, 6.45) is 1.53. The topological polar surface area (TPSA) is 77.8 Å². The second-order valence-corrected chi connectivity index (χ2v) is 8.82. The van der Waals surface area contributed by atoms with Crippen molar-refractivity contribution in [3.8, 4) is 0 Å². The number of rotatable bonds is 7. The van der Waals surface area contributed by atoms with Crippen molar-refractivity contribution < 1.29 is 14.0 Å². The number of piperazine rings is 1. The van der Waals surface area contributed by atoms with Crippen LogP contribution in [-0.4, -0.2) is 48.9 Å². The molecule has 0 unspecified atom stereocenters. The van der Waals surface area contributed by atoms with E-state index in [9.17, 15) is 9.59 Å². The highest BCUT2D eigenvalue weighted by atomic mass is 32.1. The smallest absolute Gasteiger partial charge is 0.309 e. The van der Waals surface area contributed by atoms with Gasteiger partial charge in [-0.25, -0.2) is 0 Å². The summed E-state index contributed by atoms with van der Waals surface area (Å²) in [5, 5.41) is 7.56. The lowest BCUT2D eigenvalue weighted by atomic mass is 10.0. The van der Waals surface area contributed by atoms with Crippen LogP contribution in [0.1, 0.15) is 23.6 Å². The number of anilines is 1. The van der Waals surface area contributed by atoms with E-state index in [-0.39, 0.29) is 18.6 Å². The fourth-order valence-corrected chi connectivity index (χ4v) is 5.08. The Labute approximate surface area is 192 Å². The van der Waals surface area contributed by atoms with Crippen LogP contribution in [-0.2, 0) is 16.1 Å². The van der Waals surface area contributed by atoms with Crippen LogP contribution in [0.4, 0.5) is 5.69 Å². The zero-order chi connectivity index (χ0) is 22.3. The van der Waals surface area contributed by atoms with E-state index < -0.39 is 11.8 Å². The zero-order valence-electron chi connectivity index (χ0n) is 18.1. The molecule has 3 aromatic rings. The molecule has 0 radical (unpaired) electrons. The van der Waals surface area contributed by atoms with Gasteiger partial charge in [-0.15, -0.1) is 11.3 Å². The number of carbonyl (C=O) groups is 2. The fraction of sp³-hybridized carbons (Fsp3) is 0.333. The standard InChI is InChI=1S/C24H28N4O3S/c1-18(26-24(30)23(29)25-17-20-9-5-15-31-20)22(21-10-6-16-32-21)28-13-11-27(12-14-28)19-7-3-2-4-8-19/h2-10,15-16,18,22H,11-14,17H2,1H3,(H,25,29)(H,26,30)/t18-,22+/m1/s1. The minimum absolute atomic E-state index is 0.00903. The number of nitrogens with one attached hydrogen (secondary N) is 2. The molecule has 1 saturated heterocycles. The third-order valence-corrected chi connectivity index (χ3v) is 6.65. The average molecular weight is 453 g/mol. The van der Waals surface area contributed by atoms with Gasteiger partial charge in [0, 0.05) is 42.8 Å². The van der Waals surface area contributed by atoms with Crippen molar-refractivity contribution in [2.24, 2.45) is 0 Å². The number of thiophene rings is 1. The molecule has 3 heterocycles. The van der Waals surface area contributed by atoms with E-state index in [4.69, 9.17) is 4.42 Å². The largest absolute Gasteiger partial charge is 0.467 e. The van der Waals surface area contributed by atoms with Crippen molar-refractivity contribution in [3.05, 3.63) is 76.9 Å². The number of furan rings is 1. The summed E-state index contributed by atoms with van der Waals surface area (Å²) in [6.45, 7) is 5.73. The molecule has 1 aliphatic rings. The molecule has 0 aliphatic carbocycles.